The molecule has 0 aliphatic rings. The molecule has 1 aromatic carbocycles. The van der Waals surface area contributed by atoms with Gasteiger partial charge in [-0.2, -0.15) is 5.10 Å². The number of nitrogens with zero attached hydrogens (tertiary/aromatic N) is 3. The maximum atomic E-state index is 4.62. The van der Waals surface area contributed by atoms with E-state index in [2.05, 4.69) is 56.3 Å². The molecule has 0 aliphatic heterocycles. The number of fused-ring (bicyclic) bond motifs is 2. The van der Waals surface area contributed by atoms with E-state index < -0.39 is 0 Å². The van der Waals surface area contributed by atoms with Gasteiger partial charge in [0.25, 0.3) is 0 Å². The second kappa shape index (κ2) is 4.60. The van der Waals surface area contributed by atoms with E-state index in [1.165, 1.54) is 11.4 Å². The van der Waals surface area contributed by atoms with Crippen molar-refractivity contribution in [3.63, 3.8) is 0 Å². The lowest BCUT2D eigenvalue weighted by Gasteiger charge is -2.08. The zero-order chi connectivity index (χ0) is 14.4. The molecule has 0 radical (unpaired) electrons. The van der Waals surface area contributed by atoms with Crippen LogP contribution >= 0.6 is 11.3 Å². The van der Waals surface area contributed by atoms with Crippen LogP contribution in [0.2, 0.25) is 0 Å². The van der Waals surface area contributed by atoms with Crippen LogP contribution in [0.5, 0.6) is 0 Å². The number of rotatable bonds is 3. The van der Waals surface area contributed by atoms with Gasteiger partial charge in [-0.25, -0.2) is 4.98 Å². The average Bonchev–Trinajstić information content (AvgIpc) is 3.15. The smallest absolute Gasteiger partial charge is 0.194 e. The molecule has 0 aliphatic carbocycles. The summed E-state index contributed by atoms with van der Waals surface area (Å²) in [4.78, 5) is 5.68. The highest BCUT2D eigenvalue weighted by Crippen LogP contribution is 2.24. The predicted molar refractivity (Wildman–Crippen MR) is 86.0 cm³/mol. The highest BCUT2D eigenvalue weighted by atomic mass is 32.1. The third-order valence-corrected chi connectivity index (χ3v) is 4.70. The van der Waals surface area contributed by atoms with Crippen molar-refractivity contribution in [2.75, 3.05) is 5.32 Å². The molecule has 21 heavy (non-hydrogen) atoms. The monoisotopic (exact) mass is 297 g/mol. The standard InChI is InChI=1S/C15H15N5S/c1-9-8-21-15-18-10(2)13(20(9)15)7-16-12-5-3-4-11-6-17-19-14(11)12/h3-6,8,16H,7H2,1-2H3,(H,17,19). The Morgan fingerprint density at radius 2 is 2.24 bits per heavy atom. The van der Waals surface area contributed by atoms with Crippen LogP contribution in [0.25, 0.3) is 15.9 Å². The molecule has 0 amide bonds. The van der Waals surface area contributed by atoms with E-state index in [1.54, 1.807) is 11.3 Å². The molecular weight excluding hydrogens is 282 g/mol. The van der Waals surface area contributed by atoms with Crippen LogP contribution in [-0.2, 0) is 6.54 Å². The van der Waals surface area contributed by atoms with Crippen molar-refractivity contribution in [1.82, 2.24) is 19.6 Å². The second-order valence-corrected chi connectivity index (χ2v) is 5.97. The minimum absolute atomic E-state index is 0.739. The lowest BCUT2D eigenvalue weighted by atomic mass is 10.2. The first-order valence-electron chi connectivity index (χ1n) is 6.82. The first kappa shape index (κ1) is 12.4. The molecule has 5 nitrogen and oxygen atoms in total. The van der Waals surface area contributed by atoms with Gasteiger partial charge < -0.3 is 5.32 Å². The van der Waals surface area contributed by atoms with E-state index in [1.807, 2.05) is 12.3 Å². The summed E-state index contributed by atoms with van der Waals surface area (Å²) in [6.07, 6.45) is 1.84. The van der Waals surface area contributed by atoms with Crippen molar-refractivity contribution >= 4 is 32.9 Å². The van der Waals surface area contributed by atoms with Gasteiger partial charge in [-0.3, -0.25) is 9.50 Å². The topological polar surface area (TPSA) is 58.0 Å². The third kappa shape index (κ3) is 1.91. The average molecular weight is 297 g/mol. The zero-order valence-electron chi connectivity index (χ0n) is 11.8. The lowest BCUT2D eigenvalue weighted by Crippen LogP contribution is -2.05. The highest BCUT2D eigenvalue weighted by molar-refractivity contribution is 7.15. The number of aromatic nitrogens is 4. The van der Waals surface area contributed by atoms with Crippen LogP contribution in [0.1, 0.15) is 17.1 Å². The summed E-state index contributed by atoms with van der Waals surface area (Å²) in [6, 6.07) is 6.15. The van der Waals surface area contributed by atoms with E-state index in [0.29, 0.717) is 0 Å². The van der Waals surface area contributed by atoms with Gasteiger partial charge in [0, 0.05) is 16.5 Å². The van der Waals surface area contributed by atoms with Gasteiger partial charge in [0.05, 0.1) is 35.3 Å². The van der Waals surface area contributed by atoms with Crippen molar-refractivity contribution < 1.29 is 0 Å². The van der Waals surface area contributed by atoms with Gasteiger partial charge in [-0.05, 0) is 19.9 Å². The summed E-state index contributed by atoms with van der Waals surface area (Å²) >= 11 is 1.68. The molecule has 3 heterocycles. The fourth-order valence-corrected chi connectivity index (χ4v) is 3.60. The predicted octanol–water partition coefficient (Wildman–Crippen LogP) is 3.50. The molecule has 6 heteroatoms. The quantitative estimate of drug-likeness (QED) is 0.608. The molecule has 0 saturated carbocycles. The summed E-state index contributed by atoms with van der Waals surface area (Å²) in [5.41, 5.74) is 5.62. The first-order chi connectivity index (χ1) is 10.2. The summed E-state index contributed by atoms with van der Waals surface area (Å²) in [7, 11) is 0. The molecule has 0 saturated heterocycles. The Morgan fingerprint density at radius 1 is 1.33 bits per heavy atom. The van der Waals surface area contributed by atoms with Crippen LogP contribution in [0, 0.1) is 13.8 Å². The number of anilines is 1. The highest BCUT2D eigenvalue weighted by Gasteiger charge is 2.12. The van der Waals surface area contributed by atoms with E-state index in [0.717, 1.165) is 33.8 Å². The molecule has 0 spiro atoms. The summed E-state index contributed by atoms with van der Waals surface area (Å²) in [5, 5.41) is 13.9. The number of imidazole rings is 1. The Morgan fingerprint density at radius 3 is 3.14 bits per heavy atom. The largest absolute Gasteiger partial charge is 0.378 e. The Hall–Kier alpha value is -2.34. The zero-order valence-corrected chi connectivity index (χ0v) is 12.7. The molecule has 0 atom stereocenters. The molecule has 0 bridgehead atoms. The molecule has 4 aromatic rings. The minimum Gasteiger partial charge on any atom is -0.378 e. The minimum atomic E-state index is 0.739. The van der Waals surface area contributed by atoms with Crippen molar-refractivity contribution in [2.24, 2.45) is 0 Å². The van der Waals surface area contributed by atoms with Crippen molar-refractivity contribution in [3.8, 4) is 0 Å². The van der Waals surface area contributed by atoms with Crippen LogP contribution < -0.4 is 5.32 Å². The Kier molecular flexibility index (Phi) is 2.71. The lowest BCUT2D eigenvalue weighted by molar-refractivity contribution is 0.966. The van der Waals surface area contributed by atoms with Gasteiger partial charge in [-0.1, -0.05) is 12.1 Å². The fourth-order valence-electron chi connectivity index (χ4n) is 2.67. The Balaban J connectivity index is 1.71. The maximum Gasteiger partial charge on any atom is 0.194 e. The molecule has 106 valence electrons. The van der Waals surface area contributed by atoms with Gasteiger partial charge in [-0.15, -0.1) is 11.3 Å². The number of aromatic amines is 1. The number of benzene rings is 1. The molecule has 0 fully saturated rings. The molecule has 2 N–H and O–H groups in total. The van der Waals surface area contributed by atoms with E-state index in [9.17, 15) is 0 Å². The SMILES string of the molecule is Cc1nc2scc(C)n2c1CNc1cccc2cn[nH]c12. The summed E-state index contributed by atoms with van der Waals surface area (Å²) in [6.45, 7) is 4.92. The van der Waals surface area contributed by atoms with Crippen molar-refractivity contribution in [1.29, 1.82) is 0 Å². The third-order valence-electron chi connectivity index (χ3n) is 3.75. The van der Waals surface area contributed by atoms with Crippen LogP contribution in [0.3, 0.4) is 0 Å². The number of para-hydroxylation sites is 1. The molecular formula is C15H15N5S. The van der Waals surface area contributed by atoms with Crippen LogP contribution in [0.4, 0.5) is 5.69 Å². The first-order valence-corrected chi connectivity index (χ1v) is 7.70. The number of nitrogens with one attached hydrogen (secondary N) is 2. The Labute approximate surface area is 125 Å². The number of H-pyrrole nitrogens is 1. The van der Waals surface area contributed by atoms with Crippen molar-refractivity contribution in [3.05, 3.63) is 46.9 Å². The number of aryl methyl sites for hydroxylation is 2. The fraction of sp³-hybridized carbons (Fsp3) is 0.200. The molecule has 0 unspecified atom stereocenters. The summed E-state index contributed by atoms with van der Waals surface area (Å²) in [5.74, 6) is 0. The van der Waals surface area contributed by atoms with Gasteiger partial charge >= 0.3 is 0 Å². The molecule has 3 aromatic heterocycles. The number of thiazole rings is 1. The number of hydrogen-bond donors (Lipinski definition) is 2. The second-order valence-electron chi connectivity index (χ2n) is 5.13. The van der Waals surface area contributed by atoms with Gasteiger partial charge in [0.2, 0.25) is 0 Å². The van der Waals surface area contributed by atoms with Crippen LogP contribution in [-0.4, -0.2) is 19.6 Å². The Bertz CT molecular complexity index is 930. The summed E-state index contributed by atoms with van der Waals surface area (Å²) < 4.78 is 2.22. The van der Waals surface area contributed by atoms with E-state index in [-0.39, 0.29) is 0 Å². The molecule has 4 rings (SSSR count). The number of hydrogen-bond acceptors (Lipinski definition) is 4. The van der Waals surface area contributed by atoms with Crippen molar-refractivity contribution in [2.45, 2.75) is 20.4 Å². The van der Waals surface area contributed by atoms with E-state index >= 15 is 0 Å². The van der Waals surface area contributed by atoms with E-state index in [4.69, 9.17) is 0 Å². The van der Waals surface area contributed by atoms with Gasteiger partial charge in [0.15, 0.2) is 4.96 Å². The normalized spacial score (nSPS) is 11.5. The maximum absolute atomic E-state index is 4.62. The van der Waals surface area contributed by atoms with Crippen LogP contribution in [0.15, 0.2) is 29.8 Å². The van der Waals surface area contributed by atoms with Gasteiger partial charge in [0.1, 0.15) is 0 Å².